The third-order valence-electron chi connectivity index (χ3n) is 5.77. The molecule has 1 amide bonds. The van der Waals surface area contributed by atoms with Gasteiger partial charge in [-0.05, 0) is 66.5 Å². The number of rotatable bonds is 6. The van der Waals surface area contributed by atoms with Crippen LogP contribution in [0.15, 0.2) is 48.7 Å². The molecule has 2 aromatic heterocycles. The van der Waals surface area contributed by atoms with Crippen molar-refractivity contribution in [2.24, 2.45) is 5.92 Å². The Morgan fingerprint density at radius 3 is 2.55 bits per heavy atom. The zero-order valence-corrected chi connectivity index (χ0v) is 20.6. The minimum atomic E-state index is -2.75. The quantitative estimate of drug-likeness (QED) is 0.299. The van der Waals surface area contributed by atoms with Crippen LogP contribution in [0, 0.1) is 19.8 Å². The van der Waals surface area contributed by atoms with Gasteiger partial charge in [-0.25, -0.2) is 4.68 Å². The number of hydrogen-bond donors (Lipinski definition) is 0. The average molecular weight is 566 g/mol. The summed E-state index contributed by atoms with van der Waals surface area (Å²) < 4.78 is 31.9. The van der Waals surface area contributed by atoms with E-state index in [2.05, 4.69) is 10.1 Å². The Morgan fingerprint density at radius 1 is 1.18 bits per heavy atom. The predicted octanol–water partition coefficient (Wildman–Crippen LogP) is 5.34. The van der Waals surface area contributed by atoms with Crippen LogP contribution >= 0.6 is 22.6 Å². The highest BCUT2D eigenvalue weighted by Crippen LogP contribution is 2.38. The Bertz CT molecular complexity index is 1120. The maximum absolute atomic E-state index is 13.6. The number of carbonyl (C=O) groups excluding carboxylic acids is 1. The molecular formula is C24H25F2IN4O2. The maximum Gasteiger partial charge on any atom is 0.299 e. The molecule has 1 aliphatic heterocycles. The van der Waals surface area contributed by atoms with Crippen molar-refractivity contribution < 1.29 is 18.3 Å². The lowest BCUT2D eigenvalue weighted by atomic mass is 9.97. The topological polar surface area (TPSA) is 60.3 Å². The molecule has 174 valence electrons. The molecule has 0 aliphatic carbocycles. The van der Waals surface area contributed by atoms with Gasteiger partial charge in [0.2, 0.25) is 5.88 Å². The minimum Gasteiger partial charge on any atom is -0.473 e. The predicted molar refractivity (Wildman–Crippen MR) is 129 cm³/mol. The van der Waals surface area contributed by atoms with E-state index in [0.29, 0.717) is 42.7 Å². The Morgan fingerprint density at radius 2 is 1.88 bits per heavy atom. The number of aryl methyl sites for hydroxylation is 2. The second kappa shape index (κ2) is 9.74. The summed E-state index contributed by atoms with van der Waals surface area (Å²) in [5.74, 6) is 0.124. The van der Waals surface area contributed by atoms with Crippen LogP contribution in [0.3, 0.4) is 0 Å². The Labute approximate surface area is 205 Å². The highest BCUT2D eigenvalue weighted by atomic mass is 127. The molecule has 3 heterocycles. The summed E-state index contributed by atoms with van der Waals surface area (Å²) in [7, 11) is 0. The molecule has 1 saturated heterocycles. The van der Waals surface area contributed by atoms with E-state index in [9.17, 15) is 13.6 Å². The van der Waals surface area contributed by atoms with Crippen LogP contribution in [-0.4, -0.2) is 42.6 Å². The Balaban J connectivity index is 1.49. The van der Waals surface area contributed by atoms with Gasteiger partial charge in [0.15, 0.2) is 5.82 Å². The third kappa shape index (κ3) is 5.69. The lowest BCUT2D eigenvalue weighted by Crippen LogP contribution is -2.41. The molecule has 0 spiro atoms. The van der Waals surface area contributed by atoms with E-state index in [4.69, 9.17) is 4.74 Å². The molecule has 1 aromatic carbocycles. The van der Waals surface area contributed by atoms with Gasteiger partial charge < -0.3 is 9.64 Å². The number of nitrogens with zero attached hydrogens (tertiary/aromatic N) is 4. The van der Waals surface area contributed by atoms with E-state index >= 15 is 0 Å². The van der Waals surface area contributed by atoms with E-state index in [1.165, 1.54) is 22.6 Å². The summed E-state index contributed by atoms with van der Waals surface area (Å²) in [5.41, 5.74) is 3.00. The van der Waals surface area contributed by atoms with Crippen molar-refractivity contribution in [3.63, 3.8) is 0 Å². The molecule has 0 saturated carbocycles. The molecular weight excluding hydrogens is 541 g/mol. The smallest absolute Gasteiger partial charge is 0.299 e. The lowest BCUT2D eigenvalue weighted by Gasteiger charge is -2.33. The number of alkyl halides is 3. The number of amides is 1. The van der Waals surface area contributed by atoms with Crippen molar-refractivity contribution in [3.8, 4) is 11.7 Å². The van der Waals surface area contributed by atoms with Crippen molar-refractivity contribution >= 4 is 28.5 Å². The summed E-state index contributed by atoms with van der Waals surface area (Å²) >= 11 is 1.19. The minimum absolute atomic E-state index is 0.192. The van der Waals surface area contributed by atoms with Crippen LogP contribution in [0.4, 0.5) is 8.78 Å². The summed E-state index contributed by atoms with van der Waals surface area (Å²) in [6, 6.07) is 13.5. The van der Waals surface area contributed by atoms with Gasteiger partial charge in [0.25, 0.3) is 9.84 Å². The van der Waals surface area contributed by atoms with Gasteiger partial charge in [-0.15, -0.1) is 0 Å². The van der Waals surface area contributed by atoms with Crippen LogP contribution in [0.1, 0.15) is 40.0 Å². The highest BCUT2D eigenvalue weighted by Gasteiger charge is 2.39. The number of ether oxygens (including phenoxy) is 1. The fourth-order valence-electron chi connectivity index (χ4n) is 3.91. The van der Waals surface area contributed by atoms with E-state index in [1.807, 2.05) is 49.4 Å². The number of carbonyl (C=O) groups is 1. The molecule has 6 nitrogen and oxygen atoms in total. The monoisotopic (exact) mass is 566 g/mol. The van der Waals surface area contributed by atoms with Gasteiger partial charge in [0.05, 0.1) is 11.3 Å². The van der Waals surface area contributed by atoms with Crippen molar-refractivity contribution in [1.82, 2.24) is 19.7 Å². The normalized spacial score (nSPS) is 15.0. The first kappa shape index (κ1) is 23.6. The number of likely N-dealkylation sites (tertiary alicyclic amines) is 1. The number of halogens is 3. The number of aromatic nitrogens is 3. The zero-order valence-electron chi connectivity index (χ0n) is 18.5. The second-order valence-corrected chi connectivity index (χ2v) is 9.73. The van der Waals surface area contributed by atoms with Crippen molar-refractivity contribution in [2.75, 3.05) is 13.1 Å². The van der Waals surface area contributed by atoms with Crippen LogP contribution < -0.4 is 4.74 Å². The molecule has 0 bridgehead atoms. The third-order valence-corrected chi connectivity index (χ3v) is 6.65. The average Bonchev–Trinajstić information content (AvgIpc) is 3.19. The molecule has 0 radical (unpaired) electrons. The van der Waals surface area contributed by atoms with E-state index in [0.717, 1.165) is 11.1 Å². The van der Waals surface area contributed by atoms with E-state index in [-0.39, 0.29) is 18.7 Å². The van der Waals surface area contributed by atoms with Crippen molar-refractivity contribution in [3.05, 3.63) is 71.0 Å². The van der Waals surface area contributed by atoms with Crippen LogP contribution in [-0.2, 0) is 6.61 Å². The molecule has 3 aromatic rings. The molecule has 9 heteroatoms. The van der Waals surface area contributed by atoms with Gasteiger partial charge in [0.1, 0.15) is 6.61 Å². The summed E-state index contributed by atoms with van der Waals surface area (Å²) in [6.45, 7) is 4.72. The lowest BCUT2D eigenvalue weighted by molar-refractivity contribution is 0.0186. The summed E-state index contributed by atoms with van der Waals surface area (Å²) in [4.78, 5) is 19.2. The number of piperidine rings is 1. The molecule has 0 N–H and O–H groups in total. The first-order chi connectivity index (χ1) is 15.7. The molecule has 1 fully saturated rings. The first-order valence-corrected chi connectivity index (χ1v) is 11.9. The molecule has 1 aliphatic rings. The number of pyridine rings is 1. The van der Waals surface area contributed by atoms with Gasteiger partial charge in [0, 0.05) is 31.3 Å². The zero-order chi connectivity index (χ0) is 23.6. The van der Waals surface area contributed by atoms with Crippen molar-refractivity contribution in [1.29, 1.82) is 0 Å². The van der Waals surface area contributed by atoms with Gasteiger partial charge in [-0.2, -0.15) is 18.9 Å². The summed E-state index contributed by atoms with van der Waals surface area (Å²) in [5, 5.41) is 4.48. The van der Waals surface area contributed by atoms with Gasteiger partial charge in [-0.1, -0.05) is 30.3 Å². The highest BCUT2D eigenvalue weighted by molar-refractivity contribution is 14.1. The van der Waals surface area contributed by atoms with E-state index < -0.39 is 9.85 Å². The van der Waals surface area contributed by atoms with Crippen LogP contribution in [0.25, 0.3) is 5.82 Å². The fraction of sp³-hybridized carbons (Fsp3) is 0.375. The number of hydrogen-bond acceptors (Lipinski definition) is 4. The van der Waals surface area contributed by atoms with Crippen LogP contribution in [0.2, 0.25) is 0 Å². The van der Waals surface area contributed by atoms with Crippen molar-refractivity contribution in [2.45, 2.75) is 37.2 Å². The standard InChI is InChI=1S/C24H25F2IN4O2/c1-16-12-21(28-22(13-16)33-15-18-6-4-3-5-7-18)31-14-20(17(2)29-31)23(32)30-10-8-19(9-11-30)24(25,26)27/h3-7,12-14,19H,8-11,15H2,1-2H3. The number of benzene rings is 1. The van der Waals surface area contributed by atoms with Crippen LogP contribution in [0.5, 0.6) is 5.88 Å². The Hall–Kier alpha value is -2.56. The largest absolute Gasteiger partial charge is 0.473 e. The molecule has 33 heavy (non-hydrogen) atoms. The van der Waals surface area contributed by atoms with E-state index in [1.54, 1.807) is 22.7 Å². The molecule has 0 unspecified atom stereocenters. The molecule has 4 rings (SSSR count). The maximum atomic E-state index is 13.6. The van der Waals surface area contributed by atoms with Gasteiger partial charge >= 0.3 is 0 Å². The van der Waals surface area contributed by atoms with Gasteiger partial charge in [-0.3, -0.25) is 4.79 Å². The Kier molecular flexibility index (Phi) is 6.96. The fourth-order valence-corrected chi connectivity index (χ4v) is 4.53. The molecule has 0 atom stereocenters. The SMILES string of the molecule is Cc1cc(OCc2ccccc2)nc(-n2cc(C(=O)N3CCC(C(F)(F)I)CC3)c(C)n2)c1. The second-order valence-electron chi connectivity index (χ2n) is 8.30. The summed E-state index contributed by atoms with van der Waals surface area (Å²) in [6.07, 6.45) is 2.23. The first-order valence-electron chi connectivity index (χ1n) is 10.8.